The third-order valence-corrected chi connectivity index (χ3v) is 3.05. The van der Waals surface area contributed by atoms with E-state index >= 15 is 0 Å². The van der Waals surface area contributed by atoms with Crippen molar-refractivity contribution < 1.29 is 4.39 Å². The van der Waals surface area contributed by atoms with E-state index in [1.54, 1.807) is 18.2 Å². The predicted molar refractivity (Wildman–Crippen MR) is 65.8 cm³/mol. The van der Waals surface area contributed by atoms with Crippen LogP contribution in [-0.4, -0.2) is 22.9 Å². The first-order valence-electron chi connectivity index (χ1n) is 5.80. The van der Waals surface area contributed by atoms with Crippen molar-refractivity contribution in [2.75, 3.05) is 13.1 Å². The predicted octanol–water partition coefficient (Wildman–Crippen LogP) is 1.19. The summed E-state index contributed by atoms with van der Waals surface area (Å²) in [6.45, 7) is 1.50. The number of benzene rings is 1. The average Bonchev–Trinajstić information content (AvgIpc) is 2.29. The third kappa shape index (κ3) is 1.93. The number of hydrogen-bond donors (Lipinski definition) is 1. The second-order valence-electron chi connectivity index (χ2n) is 4.32. The van der Waals surface area contributed by atoms with Gasteiger partial charge in [-0.1, -0.05) is 12.1 Å². The molecule has 0 amide bonds. The zero-order valence-corrected chi connectivity index (χ0v) is 9.64. The second-order valence-corrected chi connectivity index (χ2v) is 4.32. The van der Waals surface area contributed by atoms with Crippen LogP contribution in [-0.2, 0) is 0 Å². The topological polar surface area (TPSA) is 46.9 Å². The fourth-order valence-corrected chi connectivity index (χ4v) is 1.94. The average molecular weight is 245 g/mol. The van der Waals surface area contributed by atoms with Gasteiger partial charge in [0.1, 0.15) is 5.82 Å². The van der Waals surface area contributed by atoms with Gasteiger partial charge in [-0.05, 0) is 18.2 Å². The van der Waals surface area contributed by atoms with Gasteiger partial charge in [0.2, 0.25) is 0 Å². The summed E-state index contributed by atoms with van der Waals surface area (Å²) in [5.74, 6) is -0.308. The lowest BCUT2D eigenvalue weighted by Crippen LogP contribution is -2.47. The second kappa shape index (κ2) is 4.34. The summed E-state index contributed by atoms with van der Waals surface area (Å²) in [6, 6.07) is 9.41. The molecule has 2 aromatic rings. The first kappa shape index (κ1) is 11.1. The molecule has 4 nitrogen and oxygen atoms in total. The molecule has 0 unspecified atom stereocenters. The van der Waals surface area contributed by atoms with Crippen LogP contribution in [0.4, 0.5) is 4.39 Å². The quantitative estimate of drug-likeness (QED) is 0.864. The number of nitrogens with one attached hydrogen (secondary N) is 1. The van der Waals surface area contributed by atoms with Crippen LogP contribution in [0.3, 0.4) is 0 Å². The lowest BCUT2D eigenvalue weighted by molar-refractivity contribution is 0.307. The van der Waals surface area contributed by atoms with E-state index in [0.29, 0.717) is 11.3 Å². The van der Waals surface area contributed by atoms with Crippen LogP contribution in [0.25, 0.3) is 11.3 Å². The molecule has 0 bridgehead atoms. The minimum absolute atomic E-state index is 0.103. The Labute approximate surface area is 103 Å². The summed E-state index contributed by atoms with van der Waals surface area (Å²) < 4.78 is 14.6. The molecule has 92 valence electrons. The van der Waals surface area contributed by atoms with Gasteiger partial charge < -0.3 is 5.32 Å². The Balaban J connectivity index is 2.05. The molecule has 1 N–H and O–H groups in total. The van der Waals surface area contributed by atoms with Crippen LogP contribution in [0.2, 0.25) is 0 Å². The lowest BCUT2D eigenvalue weighted by Gasteiger charge is -2.27. The maximum atomic E-state index is 13.2. The molecule has 1 saturated heterocycles. The molecule has 5 heteroatoms. The maximum absolute atomic E-state index is 13.2. The summed E-state index contributed by atoms with van der Waals surface area (Å²) >= 11 is 0. The summed E-state index contributed by atoms with van der Waals surface area (Å²) in [7, 11) is 0. The van der Waals surface area contributed by atoms with Crippen LogP contribution in [0.15, 0.2) is 41.2 Å². The molecule has 1 aromatic heterocycles. The van der Waals surface area contributed by atoms with Crippen LogP contribution in [0.1, 0.15) is 6.04 Å². The van der Waals surface area contributed by atoms with Crippen molar-refractivity contribution >= 4 is 0 Å². The molecular weight excluding hydrogens is 233 g/mol. The van der Waals surface area contributed by atoms with Gasteiger partial charge in [0.25, 0.3) is 5.56 Å². The molecule has 0 radical (unpaired) electrons. The molecule has 0 spiro atoms. The van der Waals surface area contributed by atoms with E-state index in [4.69, 9.17) is 0 Å². The van der Waals surface area contributed by atoms with Crippen molar-refractivity contribution in [2.24, 2.45) is 0 Å². The number of rotatable bonds is 2. The first-order chi connectivity index (χ1) is 8.74. The molecule has 0 saturated carbocycles. The highest BCUT2D eigenvalue weighted by Gasteiger charge is 2.21. The van der Waals surface area contributed by atoms with E-state index in [0.717, 1.165) is 13.1 Å². The van der Waals surface area contributed by atoms with Gasteiger partial charge in [0.05, 0.1) is 11.7 Å². The van der Waals surface area contributed by atoms with Crippen LogP contribution < -0.4 is 10.9 Å². The van der Waals surface area contributed by atoms with E-state index in [-0.39, 0.29) is 17.4 Å². The zero-order chi connectivity index (χ0) is 12.5. The zero-order valence-electron chi connectivity index (χ0n) is 9.64. The minimum atomic E-state index is -0.308. The molecule has 1 aliphatic heterocycles. The normalized spacial score (nSPS) is 15.4. The van der Waals surface area contributed by atoms with Crippen LogP contribution >= 0.6 is 0 Å². The first-order valence-corrected chi connectivity index (χ1v) is 5.80. The fourth-order valence-electron chi connectivity index (χ4n) is 1.94. The Hall–Kier alpha value is -2.01. The van der Waals surface area contributed by atoms with Crippen LogP contribution in [0.5, 0.6) is 0 Å². The van der Waals surface area contributed by atoms with Crippen molar-refractivity contribution in [2.45, 2.75) is 6.04 Å². The van der Waals surface area contributed by atoms with Gasteiger partial charge in [-0.3, -0.25) is 4.79 Å². The molecule has 1 aliphatic rings. The number of nitrogens with zero attached hydrogens (tertiary/aromatic N) is 2. The lowest BCUT2D eigenvalue weighted by atomic mass is 10.1. The Morgan fingerprint density at radius 2 is 2.11 bits per heavy atom. The highest BCUT2D eigenvalue weighted by molar-refractivity contribution is 5.58. The molecule has 18 heavy (non-hydrogen) atoms. The summed E-state index contributed by atoms with van der Waals surface area (Å²) in [5.41, 5.74) is 1.17. The van der Waals surface area contributed by atoms with Crippen molar-refractivity contribution in [3.05, 3.63) is 52.6 Å². The van der Waals surface area contributed by atoms with Crippen molar-refractivity contribution in [1.29, 1.82) is 0 Å². The van der Waals surface area contributed by atoms with Gasteiger partial charge in [-0.2, -0.15) is 5.10 Å². The fraction of sp³-hybridized carbons (Fsp3) is 0.231. The number of hydrogen-bond acceptors (Lipinski definition) is 3. The van der Waals surface area contributed by atoms with Crippen molar-refractivity contribution in [3.63, 3.8) is 0 Å². The Kier molecular flexibility index (Phi) is 2.68. The van der Waals surface area contributed by atoms with E-state index < -0.39 is 0 Å². The number of halogens is 1. The Morgan fingerprint density at radius 1 is 1.28 bits per heavy atom. The summed E-state index contributed by atoms with van der Waals surface area (Å²) in [6.07, 6.45) is 0. The molecule has 0 aliphatic carbocycles. The van der Waals surface area contributed by atoms with E-state index in [1.165, 1.54) is 22.9 Å². The molecule has 0 atom stereocenters. The Morgan fingerprint density at radius 3 is 2.78 bits per heavy atom. The molecule has 3 rings (SSSR count). The van der Waals surface area contributed by atoms with E-state index in [1.807, 2.05) is 0 Å². The van der Waals surface area contributed by atoms with Crippen molar-refractivity contribution in [3.8, 4) is 11.3 Å². The molecule has 1 fully saturated rings. The van der Waals surface area contributed by atoms with Gasteiger partial charge in [-0.15, -0.1) is 0 Å². The molecular formula is C13H12FN3O. The monoisotopic (exact) mass is 245 g/mol. The SMILES string of the molecule is O=c1ccc(-c2cccc(F)c2)nn1C1CNC1. The number of aromatic nitrogens is 2. The Bertz CT molecular complexity index is 634. The van der Waals surface area contributed by atoms with Gasteiger partial charge in [-0.25, -0.2) is 9.07 Å². The van der Waals surface area contributed by atoms with Gasteiger partial charge >= 0.3 is 0 Å². The van der Waals surface area contributed by atoms with Crippen molar-refractivity contribution in [1.82, 2.24) is 15.1 Å². The van der Waals surface area contributed by atoms with E-state index in [9.17, 15) is 9.18 Å². The third-order valence-electron chi connectivity index (χ3n) is 3.05. The molecule has 2 heterocycles. The highest BCUT2D eigenvalue weighted by Crippen LogP contribution is 2.17. The maximum Gasteiger partial charge on any atom is 0.267 e. The standard InChI is InChI=1S/C13H12FN3O/c14-10-3-1-2-9(6-10)12-4-5-13(18)17(16-12)11-7-15-8-11/h1-6,11,15H,7-8H2. The van der Waals surface area contributed by atoms with Gasteiger partial charge in [0, 0.05) is 24.7 Å². The molecule has 1 aromatic carbocycles. The largest absolute Gasteiger partial charge is 0.312 e. The van der Waals surface area contributed by atoms with E-state index in [2.05, 4.69) is 10.4 Å². The van der Waals surface area contributed by atoms with Crippen LogP contribution in [0, 0.1) is 5.82 Å². The smallest absolute Gasteiger partial charge is 0.267 e. The summed E-state index contributed by atoms with van der Waals surface area (Å²) in [5, 5.41) is 7.40. The summed E-state index contributed by atoms with van der Waals surface area (Å²) in [4.78, 5) is 11.7. The minimum Gasteiger partial charge on any atom is -0.312 e. The highest BCUT2D eigenvalue weighted by atomic mass is 19.1. The van der Waals surface area contributed by atoms with Gasteiger partial charge in [0.15, 0.2) is 0 Å².